The van der Waals surface area contributed by atoms with Gasteiger partial charge < -0.3 is 10.1 Å². The van der Waals surface area contributed by atoms with Crippen LogP contribution in [-0.2, 0) is 6.54 Å². The van der Waals surface area contributed by atoms with Gasteiger partial charge in [-0.3, -0.25) is 10.1 Å². The Balaban J connectivity index is 2.22. The van der Waals surface area contributed by atoms with Crippen molar-refractivity contribution in [1.82, 2.24) is 0 Å². The molecule has 21 heavy (non-hydrogen) atoms. The number of nitro groups is 1. The van der Waals surface area contributed by atoms with Gasteiger partial charge in [-0.15, -0.1) is 0 Å². The Kier molecular flexibility index (Phi) is 4.32. The highest BCUT2D eigenvalue weighted by Crippen LogP contribution is 2.29. The topological polar surface area (TPSA) is 64.4 Å². The van der Waals surface area contributed by atoms with Gasteiger partial charge in [-0.25, -0.2) is 8.78 Å². The van der Waals surface area contributed by atoms with Crippen molar-refractivity contribution in [2.24, 2.45) is 0 Å². The van der Waals surface area contributed by atoms with E-state index in [1.807, 2.05) is 0 Å². The Bertz CT molecular complexity index is 677. The number of rotatable bonds is 5. The Morgan fingerprint density at radius 3 is 2.62 bits per heavy atom. The molecule has 0 unspecified atom stereocenters. The van der Waals surface area contributed by atoms with Crippen molar-refractivity contribution >= 4 is 11.4 Å². The molecule has 2 rings (SSSR count). The molecule has 0 radical (unpaired) electrons. The lowest BCUT2D eigenvalue weighted by Gasteiger charge is -2.11. The first-order valence-corrected chi connectivity index (χ1v) is 6.01. The predicted molar refractivity (Wildman–Crippen MR) is 73.3 cm³/mol. The van der Waals surface area contributed by atoms with Crippen LogP contribution < -0.4 is 10.1 Å². The SMILES string of the molecule is COc1ccc([N+](=O)[O-])cc1NCc1ccc(F)cc1F. The van der Waals surface area contributed by atoms with Crippen molar-refractivity contribution in [2.45, 2.75) is 6.54 Å². The number of ether oxygens (including phenoxy) is 1. The predicted octanol–water partition coefficient (Wildman–Crippen LogP) is 3.49. The molecule has 0 saturated heterocycles. The molecule has 0 aliphatic carbocycles. The minimum atomic E-state index is -0.688. The number of non-ortho nitro benzene ring substituents is 1. The normalized spacial score (nSPS) is 10.2. The van der Waals surface area contributed by atoms with Gasteiger partial charge in [0.05, 0.1) is 17.7 Å². The van der Waals surface area contributed by atoms with Gasteiger partial charge in [-0.1, -0.05) is 6.07 Å². The number of benzene rings is 2. The summed E-state index contributed by atoms with van der Waals surface area (Å²) in [5, 5.41) is 13.6. The highest BCUT2D eigenvalue weighted by Gasteiger charge is 2.12. The standard InChI is InChI=1S/C14H12F2N2O3/c1-21-14-5-4-11(18(19)20)7-13(14)17-8-9-2-3-10(15)6-12(9)16/h2-7,17H,8H2,1H3. The smallest absolute Gasteiger partial charge is 0.271 e. The van der Waals surface area contributed by atoms with Crippen LogP contribution in [0.4, 0.5) is 20.2 Å². The molecule has 0 spiro atoms. The number of nitro benzene ring substituents is 1. The molecule has 0 heterocycles. The van der Waals surface area contributed by atoms with Crippen molar-refractivity contribution < 1.29 is 18.4 Å². The number of methoxy groups -OCH3 is 1. The van der Waals surface area contributed by atoms with Crippen molar-refractivity contribution in [3.63, 3.8) is 0 Å². The third kappa shape index (κ3) is 3.44. The molecule has 0 fully saturated rings. The van der Waals surface area contributed by atoms with Crippen molar-refractivity contribution in [1.29, 1.82) is 0 Å². The molecule has 0 aliphatic rings. The lowest BCUT2D eigenvalue weighted by atomic mass is 10.2. The molecule has 0 saturated carbocycles. The summed E-state index contributed by atoms with van der Waals surface area (Å²) in [4.78, 5) is 10.2. The zero-order valence-corrected chi connectivity index (χ0v) is 11.1. The summed E-state index contributed by atoms with van der Waals surface area (Å²) >= 11 is 0. The third-order valence-electron chi connectivity index (χ3n) is 2.88. The van der Waals surface area contributed by atoms with Crippen LogP contribution in [0.3, 0.4) is 0 Å². The molecule has 0 amide bonds. The zero-order chi connectivity index (χ0) is 15.4. The second kappa shape index (κ2) is 6.17. The average molecular weight is 294 g/mol. The summed E-state index contributed by atoms with van der Waals surface area (Å²) in [7, 11) is 1.42. The minimum absolute atomic E-state index is 0.0453. The maximum Gasteiger partial charge on any atom is 0.271 e. The van der Waals surface area contributed by atoms with E-state index in [2.05, 4.69) is 5.32 Å². The van der Waals surface area contributed by atoms with Gasteiger partial charge in [0.15, 0.2) is 0 Å². The first kappa shape index (κ1) is 14.7. The Labute approximate surface area is 119 Å². The summed E-state index contributed by atoms with van der Waals surface area (Å²) in [6.07, 6.45) is 0. The largest absolute Gasteiger partial charge is 0.495 e. The van der Waals surface area contributed by atoms with Crippen molar-refractivity contribution in [3.05, 3.63) is 63.7 Å². The summed E-state index contributed by atoms with van der Waals surface area (Å²) in [5.41, 5.74) is 0.485. The molecule has 0 aromatic heterocycles. The summed E-state index contributed by atoms with van der Waals surface area (Å²) in [6.45, 7) is 0.0453. The number of anilines is 1. The lowest BCUT2D eigenvalue weighted by molar-refractivity contribution is -0.384. The van der Waals surface area contributed by atoms with Gasteiger partial charge in [-0.2, -0.15) is 0 Å². The monoisotopic (exact) mass is 294 g/mol. The molecular weight excluding hydrogens is 282 g/mol. The van der Waals surface area contributed by atoms with Gasteiger partial charge >= 0.3 is 0 Å². The van der Waals surface area contributed by atoms with E-state index in [4.69, 9.17) is 4.74 Å². The fraction of sp³-hybridized carbons (Fsp3) is 0.143. The van der Waals surface area contributed by atoms with Crippen LogP contribution in [-0.4, -0.2) is 12.0 Å². The number of hydrogen-bond donors (Lipinski definition) is 1. The molecule has 5 nitrogen and oxygen atoms in total. The molecule has 1 N–H and O–H groups in total. The van der Waals surface area contributed by atoms with E-state index >= 15 is 0 Å². The van der Waals surface area contributed by atoms with Crippen LogP contribution in [0, 0.1) is 21.7 Å². The summed E-state index contributed by atoms with van der Waals surface area (Å²) < 4.78 is 31.4. The Morgan fingerprint density at radius 1 is 1.24 bits per heavy atom. The van der Waals surface area contributed by atoms with E-state index in [-0.39, 0.29) is 17.8 Å². The first-order valence-electron chi connectivity index (χ1n) is 6.01. The quantitative estimate of drug-likeness (QED) is 0.677. The minimum Gasteiger partial charge on any atom is -0.495 e. The number of halogens is 2. The van der Waals surface area contributed by atoms with Gasteiger partial charge in [0, 0.05) is 30.3 Å². The first-order chi connectivity index (χ1) is 10.0. The number of nitrogens with one attached hydrogen (secondary N) is 1. The molecule has 7 heteroatoms. The van der Waals surface area contributed by atoms with Gasteiger partial charge in [0.25, 0.3) is 5.69 Å². The van der Waals surface area contributed by atoms with E-state index in [1.54, 1.807) is 0 Å². The third-order valence-corrected chi connectivity index (χ3v) is 2.88. The van der Waals surface area contributed by atoms with E-state index in [1.165, 1.54) is 31.4 Å². The fourth-order valence-electron chi connectivity index (χ4n) is 1.80. The molecule has 2 aromatic carbocycles. The highest BCUT2D eigenvalue weighted by molar-refractivity contribution is 5.61. The van der Waals surface area contributed by atoms with Crippen molar-refractivity contribution in [2.75, 3.05) is 12.4 Å². The van der Waals surface area contributed by atoms with E-state index in [0.29, 0.717) is 11.4 Å². The molecule has 0 aliphatic heterocycles. The highest BCUT2D eigenvalue weighted by atomic mass is 19.1. The van der Waals surface area contributed by atoms with Crippen molar-refractivity contribution in [3.8, 4) is 5.75 Å². The Morgan fingerprint density at radius 2 is 2.00 bits per heavy atom. The van der Waals surface area contributed by atoms with E-state index in [0.717, 1.165) is 12.1 Å². The summed E-state index contributed by atoms with van der Waals surface area (Å²) in [5.74, 6) is -0.959. The van der Waals surface area contributed by atoms with Gasteiger partial charge in [-0.05, 0) is 12.1 Å². The average Bonchev–Trinajstić information content (AvgIpc) is 2.46. The maximum absolute atomic E-state index is 13.5. The van der Waals surface area contributed by atoms with Crippen LogP contribution in [0.15, 0.2) is 36.4 Å². The second-order valence-corrected chi connectivity index (χ2v) is 4.23. The van der Waals surface area contributed by atoms with E-state index in [9.17, 15) is 18.9 Å². The van der Waals surface area contributed by atoms with Crippen LogP contribution in [0.25, 0.3) is 0 Å². The molecular formula is C14H12F2N2O3. The molecule has 0 atom stereocenters. The van der Waals surface area contributed by atoms with Crippen LogP contribution >= 0.6 is 0 Å². The fourth-order valence-corrected chi connectivity index (χ4v) is 1.80. The summed E-state index contributed by atoms with van der Waals surface area (Å²) in [6, 6.07) is 7.28. The Hall–Kier alpha value is -2.70. The second-order valence-electron chi connectivity index (χ2n) is 4.23. The van der Waals surface area contributed by atoms with Crippen LogP contribution in [0.2, 0.25) is 0 Å². The van der Waals surface area contributed by atoms with Crippen LogP contribution in [0.5, 0.6) is 5.75 Å². The number of hydrogen-bond acceptors (Lipinski definition) is 4. The molecule has 2 aromatic rings. The number of nitrogens with zero attached hydrogens (tertiary/aromatic N) is 1. The van der Waals surface area contributed by atoms with Crippen LogP contribution in [0.1, 0.15) is 5.56 Å². The molecule has 110 valence electrons. The van der Waals surface area contributed by atoms with Gasteiger partial charge in [0.1, 0.15) is 17.4 Å². The maximum atomic E-state index is 13.5. The molecule has 0 bridgehead atoms. The zero-order valence-electron chi connectivity index (χ0n) is 11.1. The van der Waals surface area contributed by atoms with Gasteiger partial charge in [0.2, 0.25) is 0 Å². The van der Waals surface area contributed by atoms with E-state index < -0.39 is 16.6 Å². The lowest BCUT2D eigenvalue weighted by Crippen LogP contribution is -2.04.